The topological polar surface area (TPSA) is 59.4 Å². The molecule has 1 fully saturated rings. The third-order valence-electron chi connectivity index (χ3n) is 2.58. The minimum absolute atomic E-state index is 0.114. The molecule has 1 heterocycles. The third kappa shape index (κ3) is 2.15. The number of carbonyl (C=O) groups is 1. The lowest BCUT2D eigenvalue weighted by molar-refractivity contribution is 0.0694. The van der Waals surface area contributed by atoms with Gasteiger partial charge in [-0.2, -0.15) is 0 Å². The highest BCUT2D eigenvalue weighted by atomic mass is 16.5. The van der Waals surface area contributed by atoms with Gasteiger partial charge in [0, 0.05) is 11.8 Å². The summed E-state index contributed by atoms with van der Waals surface area (Å²) in [6, 6.07) is 0. The molecule has 1 aromatic heterocycles. The van der Waals surface area contributed by atoms with Crippen LogP contribution < -0.4 is 4.74 Å². The molecule has 0 unspecified atom stereocenters. The number of nitrogens with zero attached hydrogens (tertiary/aromatic N) is 1. The van der Waals surface area contributed by atoms with Crippen molar-refractivity contribution in [2.24, 2.45) is 0 Å². The van der Waals surface area contributed by atoms with E-state index >= 15 is 0 Å². The standard InChI is InChI=1S/C12H15NO3/c1-7(2)11-9(12(14)15)5-13-6-10(11)16-8-3-4-8/h5-8H,3-4H2,1-2H3,(H,14,15). The van der Waals surface area contributed by atoms with Gasteiger partial charge in [0.15, 0.2) is 0 Å². The number of ether oxygens (including phenoxy) is 1. The van der Waals surface area contributed by atoms with Crippen molar-refractivity contribution in [3.63, 3.8) is 0 Å². The molecule has 4 nitrogen and oxygen atoms in total. The van der Waals surface area contributed by atoms with Crippen LogP contribution in [0.2, 0.25) is 0 Å². The van der Waals surface area contributed by atoms with E-state index in [9.17, 15) is 4.79 Å². The van der Waals surface area contributed by atoms with Crippen LogP contribution in [0.25, 0.3) is 0 Å². The van der Waals surface area contributed by atoms with Crippen LogP contribution in [0.5, 0.6) is 5.75 Å². The molecule has 2 rings (SSSR count). The Hall–Kier alpha value is -1.58. The van der Waals surface area contributed by atoms with E-state index in [1.165, 1.54) is 6.20 Å². The van der Waals surface area contributed by atoms with E-state index in [0.29, 0.717) is 5.75 Å². The Bertz CT molecular complexity index is 411. The maximum atomic E-state index is 11.1. The summed E-state index contributed by atoms with van der Waals surface area (Å²) < 4.78 is 5.68. The van der Waals surface area contributed by atoms with E-state index in [0.717, 1.165) is 18.4 Å². The summed E-state index contributed by atoms with van der Waals surface area (Å²) in [6.07, 6.45) is 5.35. The molecule has 0 radical (unpaired) electrons. The second-order valence-electron chi connectivity index (χ2n) is 4.38. The number of pyridine rings is 1. The van der Waals surface area contributed by atoms with Crippen molar-refractivity contribution < 1.29 is 14.6 Å². The third-order valence-corrected chi connectivity index (χ3v) is 2.58. The van der Waals surface area contributed by atoms with Gasteiger partial charge in [-0.3, -0.25) is 4.98 Å². The first-order valence-corrected chi connectivity index (χ1v) is 5.47. The lowest BCUT2D eigenvalue weighted by Crippen LogP contribution is -2.09. The van der Waals surface area contributed by atoms with Crippen molar-refractivity contribution in [1.82, 2.24) is 4.98 Å². The Balaban J connectivity index is 2.41. The largest absolute Gasteiger partial charge is 0.488 e. The molecule has 0 aromatic carbocycles. The van der Waals surface area contributed by atoms with Gasteiger partial charge in [-0.05, 0) is 18.8 Å². The molecule has 16 heavy (non-hydrogen) atoms. The highest BCUT2D eigenvalue weighted by Gasteiger charge is 2.27. The van der Waals surface area contributed by atoms with Crippen LogP contribution in [0, 0.1) is 0 Å². The molecule has 1 aromatic rings. The summed E-state index contributed by atoms with van der Waals surface area (Å²) in [7, 11) is 0. The van der Waals surface area contributed by atoms with E-state index in [4.69, 9.17) is 9.84 Å². The minimum Gasteiger partial charge on any atom is -0.488 e. The van der Waals surface area contributed by atoms with Gasteiger partial charge < -0.3 is 9.84 Å². The molecule has 0 spiro atoms. The summed E-state index contributed by atoms with van der Waals surface area (Å²) in [5.74, 6) is -0.210. The number of aromatic carboxylic acids is 1. The van der Waals surface area contributed by atoms with Gasteiger partial charge in [-0.15, -0.1) is 0 Å². The number of hydrogen-bond donors (Lipinski definition) is 1. The first kappa shape index (κ1) is 10.9. The normalized spacial score (nSPS) is 15.2. The molecule has 0 aliphatic heterocycles. The van der Waals surface area contributed by atoms with Crippen molar-refractivity contribution in [1.29, 1.82) is 0 Å². The summed E-state index contributed by atoms with van der Waals surface area (Å²) in [5.41, 5.74) is 0.988. The number of aromatic nitrogens is 1. The summed E-state index contributed by atoms with van der Waals surface area (Å²) in [6.45, 7) is 3.92. The van der Waals surface area contributed by atoms with Gasteiger partial charge in [0.25, 0.3) is 0 Å². The predicted octanol–water partition coefficient (Wildman–Crippen LogP) is 2.44. The number of carboxylic acids is 1. The van der Waals surface area contributed by atoms with Gasteiger partial charge in [-0.25, -0.2) is 4.79 Å². The SMILES string of the molecule is CC(C)c1c(OC2CC2)cncc1C(=O)O. The number of rotatable bonds is 4. The molecule has 0 amide bonds. The van der Waals surface area contributed by atoms with Gasteiger partial charge in [0.05, 0.1) is 17.9 Å². The molecule has 0 bridgehead atoms. The number of hydrogen-bond acceptors (Lipinski definition) is 3. The second-order valence-corrected chi connectivity index (χ2v) is 4.38. The van der Waals surface area contributed by atoms with Crippen LogP contribution in [0.15, 0.2) is 12.4 Å². The molecular weight excluding hydrogens is 206 g/mol. The van der Waals surface area contributed by atoms with Crippen molar-refractivity contribution in [2.75, 3.05) is 0 Å². The number of carboxylic acid groups (broad SMARTS) is 1. The first-order valence-electron chi connectivity index (χ1n) is 5.47. The molecule has 1 aliphatic carbocycles. The monoisotopic (exact) mass is 221 g/mol. The Morgan fingerprint density at radius 2 is 2.19 bits per heavy atom. The molecule has 1 saturated carbocycles. The Morgan fingerprint density at radius 1 is 1.50 bits per heavy atom. The zero-order valence-electron chi connectivity index (χ0n) is 9.43. The Labute approximate surface area is 94.3 Å². The van der Waals surface area contributed by atoms with Gasteiger partial charge in [-0.1, -0.05) is 13.8 Å². The van der Waals surface area contributed by atoms with Crippen molar-refractivity contribution in [2.45, 2.75) is 38.7 Å². The van der Waals surface area contributed by atoms with Crippen molar-refractivity contribution >= 4 is 5.97 Å². The minimum atomic E-state index is -0.947. The molecule has 86 valence electrons. The smallest absolute Gasteiger partial charge is 0.337 e. The molecule has 0 atom stereocenters. The van der Waals surface area contributed by atoms with Crippen LogP contribution in [-0.4, -0.2) is 22.2 Å². The van der Waals surface area contributed by atoms with E-state index in [1.807, 2.05) is 13.8 Å². The lowest BCUT2D eigenvalue weighted by atomic mass is 9.98. The molecule has 1 N–H and O–H groups in total. The highest BCUT2D eigenvalue weighted by Crippen LogP contribution is 2.33. The van der Waals surface area contributed by atoms with E-state index in [2.05, 4.69) is 4.98 Å². The molecule has 0 saturated heterocycles. The lowest BCUT2D eigenvalue weighted by Gasteiger charge is -2.15. The maximum absolute atomic E-state index is 11.1. The fourth-order valence-electron chi connectivity index (χ4n) is 1.68. The molecule has 4 heteroatoms. The van der Waals surface area contributed by atoms with Crippen molar-refractivity contribution in [3.05, 3.63) is 23.5 Å². The Kier molecular flexibility index (Phi) is 2.81. The predicted molar refractivity (Wildman–Crippen MR) is 58.9 cm³/mol. The van der Waals surface area contributed by atoms with Crippen LogP contribution >= 0.6 is 0 Å². The van der Waals surface area contributed by atoms with E-state index in [-0.39, 0.29) is 17.6 Å². The summed E-state index contributed by atoms with van der Waals surface area (Å²) in [4.78, 5) is 15.0. The van der Waals surface area contributed by atoms with Crippen molar-refractivity contribution in [3.8, 4) is 5.75 Å². The van der Waals surface area contributed by atoms with E-state index < -0.39 is 5.97 Å². The van der Waals surface area contributed by atoms with Crippen LogP contribution in [0.1, 0.15) is 48.5 Å². The average molecular weight is 221 g/mol. The summed E-state index contributed by atoms with van der Waals surface area (Å²) in [5, 5.41) is 9.09. The molecular formula is C12H15NO3. The van der Waals surface area contributed by atoms with Gasteiger partial charge in [0.2, 0.25) is 0 Å². The van der Waals surface area contributed by atoms with Crippen LogP contribution in [0.4, 0.5) is 0 Å². The second kappa shape index (κ2) is 4.12. The summed E-state index contributed by atoms with van der Waals surface area (Å²) >= 11 is 0. The first-order chi connectivity index (χ1) is 7.59. The van der Waals surface area contributed by atoms with Gasteiger partial charge in [0.1, 0.15) is 5.75 Å². The zero-order valence-corrected chi connectivity index (χ0v) is 9.43. The zero-order chi connectivity index (χ0) is 11.7. The van der Waals surface area contributed by atoms with E-state index in [1.54, 1.807) is 6.20 Å². The highest BCUT2D eigenvalue weighted by molar-refractivity contribution is 5.90. The fourth-order valence-corrected chi connectivity index (χ4v) is 1.68. The fraction of sp³-hybridized carbons (Fsp3) is 0.500. The van der Waals surface area contributed by atoms with Gasteiger partial charge >= 0.3 is 5.97 Å². The van der Waals surface area contributed by atoms with Crippen LogP contribution in [0.3, 0.4) is 0 Å². The maximum Gasteiger partial charge on any atom is 0.337 e. The molecule has 1 aliphatic rings. The van der Waals surface area contributed by atoms with Crippen LogP contribution in [-0.2, 0) is 0 Å². The Morgan fingerprint density at radius 3 is 2.69 bits per heavy atom. The average Bonchev–Trinajstić information content (AvgIpc) is 3.00. The quantitative estimate of drug-likeness (QED) is 0.848.